The second-order valence-electron chi connectivity index (χ2n) is 9.19. The maximum absolute atomic E-state index is 12.2. The van der Waals surface area contributed by atoms with Crippen LogP contribution in [0.5, 0.6) is 23.0 Å². The van der Waals surface area contributed by atoms with Crippen molar-refractivity contribution in [2.45, 2.75) is 38.7 Å². The maximum Gasteiger partial charge on any atom is 0.336 e. The van der Waals surface area contributed by atoms with Crippen LogP contribution in [0, 0.1) is 0 Å². The number of fused-ring (bicyclic) bond motifs is 1. The Kier molecular flexibility index (Phi) is 7.17. The quantitative estimate of drug-likeness (QED) is 0.281. The summed E-state index contributed by atoms with van der Waals surface area (Å²) in [7, 11) is 3.10. The Morgan fingerprint density at radius 2 is 1.46 bits per heavy atom. The van der Waals surface area contributed by atoms with E-state index in [-0.39, 0.29) is 12.4 Å². The molecule has 5 rings (SSSR count). The highest BCUT2D eigenvalue weighted by atomic mass is 16.5. The monoisotopic (exact) mass is 498 g/mol. The van der Waals surface area contributed by atoms with E-state index in [9.17, 15) is 9.90 Å². The zero-order chi connectivity index (χ0) is 25.8. The predicted molar refractivity (Wildman–Crippen MR) is 144 cm³/mol. The zero-order valence-corrected chi connectivity index (χ0v) is 21.1. The van der Waals surface area contributed by atoms with Crippen LogP contribution >= 0.6 is 0 Å². The number of aromatic hydroxyl groups is 1. The smallest absolute Gasteiger partial charge is 0.336 e. The average Bonchev–Trinajstić information content (AvgIpc) is 2.93. The number of phenols is 1. The molecule has 1 heterocycles. The Morgan fingerprint density at radius 3 is 2.11 bits per heavy atom. The van der Waals surface area contributed by atoms with Crippen LogP contribution in [0.2, 0.25) is 0 Å². The van der Waals surface area contributed by atoms with Crippen molar-refractivity contribution in [1.82, 2.24) is 0 Å². The zero-order valence-electron chi connectivity index (χ0n) is 21.1. The highest BCUT2D eigenvalue weighted by Gasteiger charge is 2.16. The molecule has 1 aliphatic carbocycles. The number of allylic oxidation sites excluding steroid dienone is 1. The van der Waals surface area contributed by atoms with Crippen molar-refractivity contribution in [3.8, 4) is 23.0 Å². The van der Waals surface area contributed by atoms with E-state index in [1.807, 2.05) is 24.3 Å². The molecule has 1 aliphatic rings. The predicted octanol–water partition coefficient (Wildman–Crippen LogP) is 6.86. The van der Waals surface area contributed by atoms with Crippen molar-refractivity contribution in [3.05, 3.63) is 99.4 Å². The summed E-state index contributed by atoms with van der Waals surface area (Å²) < 4.78 is 22.2. The van der Waals surface area contributed by atoms with Gasteiger partial charge in [0, 0.05) is 23.1 Å². The molecule has 37 heavy (non-hydrogen) atoms. The van der Waals surface area contributed by atoms with Gasteiger partial charge in [-0.15, -0.1) is 0 Å². The van der Waals surface area contributed by atoms with E-state index in [1.54, 1.807) is 31.4 Å². The van der Waals surface area contributed by atoms with Crippen molar-refractivity contribution in [1.29, 1.82) is 0 Å². The second kappa shape index (κ2) is 10.8. The lowest BCUT2D eigenvalue weighted by Crippen LogP contribution is -2.05. The molecule has 1 fully saturated rings. The number of benzene rings is 3. The van der Waals surface area contributed by atoms with Gasteiger partial charge in [0.1, 0.15) is 23.7 Å². The summed E-state index contributed by atoms with van der Waals surface area (Å²) in [5, 5.41) is 10.5. The van der Waals surface area contributed by atoms with Gasteiger partial charge < -0.3 is 23.7 Å². The Hall–Kier alpha value is -4.19. The number of phenolic OH excluding ortho intramolecular Hbond substituents is 1. The lowest BCUT2D eigenvalue weighted by atomic mass is 9.85. The molecule has 4 aromatic rings. The third kappa shape index (κ3) is 5.33. The number of ether oxygens (including phenoxy) is 3. The molecular weight excluding hydrogens is 468 g/mol. The summed E-state index contributed by atoms with van der Waals surface area (Å²) in [6.07, 6.45) is 5.85. The third-order valence-electron chi connectivity index (χ3n) is 6.84. The lowest BCUT2D eigenvalue weighted by Gasteiger charge is -2.20. The molecule has 190 valence electrons. The van der Waals surface area contributed by atoms with Gasteiger partial charge in [0.15, 0.2) is 11.5 Å². The SMILES string of the molecule is COc1cc2oc(=O)cc(COc3ccc(C(=C4CCCCC4)c4ccc(O)cc4)cc3)c2cc1OC. The van der Waals surface area contributed by atoms with Gasteiger partial charge in [0.25, 0.3) is 0 Å². The molecule has 0 saturated heterocycles. The van der Waals surface area contributed by atoms with Crippen LogP contribution in [-0.4, -0.2) is 19.3 Å². The first-order valence-corrected chi connectivity index (χ1v) is 12.5. The molecule has 0 amide bonds. The van der Waals surface area contributed by atoms with E-state index in [2.05, 4.69) is 12.1 Å². The molecule has 1 aromatic heterocycles. The Bertz CT molecular complexity index is 1470. The summed E-state index contributed by atoms with van der Waals surface area (Å²) in [6.45, 7) is 0.197. The van der Waals surface area contributed by atoms with E-state index < -0.39 is 5.63 Å². The molecule has 0 spiro atoms. The third-order valence-corrected chi connectivity index (χ3v) is 6.84. The first-order chi connectivity index (χ1) is 18.1. The van der Waals surface area contributed by atoms with Gasteiger partial charge in [-0.05, 0) is 72.7 Å². The topological polar surface area (TPSA) is 78.1 Å². The van der Waals surface area contributed by atoms with Crippen LogP contribution in [0.15, 0.2) is 81.5 Å². The van der Waals surface area contributed by atoms with Crippen LogP contribution in [0.4, 0.5) is 0 Å². The fourth-order valence-electron chi connectivity index (χ4n) is 4.98. The molecule has 0 radical (unpaired) electrons. The number of methoxy groups -OCH3 is 2. The highest BCUT2D eigenvalue weighted by molar-refractivity contribution is 5.84. The van der Waals surface area contributed by atoms with Gasteiger partial charge in [0.05, 0.1) is 14.2 Å². The van der Waals surface area contributed by atoms with Gasteiger partial charge in [-0.1, -0.05) is 36.3 Å². The first-order valence-electron chi connectivity index (χ1n) is 12.5. The molecule has 6 nitrogen and oxygen atoms in total. The number of hydrogen-bond donors (Lipinski definition) is 1. The van der Waals surface area contributed by atoms with Crippen molar-refractivity contribution < 1.29 is 23.7 Å². The standard InChI is InChI=1S/C31H30O6/c1-34-28-17-26-23(16-30(33)37-27(26)18-29(28)35-2)19-36-25-14-10-22(11-15-25)31(20-6-4-3-5-7-20)21-8-12-24(32)13-9-21/h8-18,32H,3-7,19H2,1-2H3. The summed E-state index contributed by atoms with van der Waals surface area (Å²) in [6, 6.07) is 20.4. The van der Waals surface area contributed by atoms with Gasteiger partial charge >= 0.3 is 5.63 Å². The molecule has 3 aromatic carbocycles. The van der Waals surface area contributed by atoms with Crippen LogP contribution in [0.3, 0.4) is 0 Å². The highest BCUT2D eigenvalue weighted by Crippen LogP contribution is 2.37. The fraction of sp³-hybridized carbons (Fsp3) is 0.258. The minimum atomic E-state index is -0.452. The Morgan fingerprint density at radius 1 is 0.838 bits per heavy atom. The molecule has 1 N–H and O–H groups in total. The maximum atomic E-state index is 12.2. The molecule has 0 atom stereocenters. The summed E-state index contributed by atoms with van der Waals surface area (Å²) in [5.74, 6) is 2.00. The molecule has 1 saturated carbocycles. The van der Waals surface area contributed by atoms with E-state index >= 15 is 0 Å². The van der Waals surface area contributed by atoms with Crippen LogP contribution in [-0.2, 0) is 6.61 Å². The minimum absolute atomic E-state index is 0.197. The van der Waals surface area contributed by atoms with E-state index in [0.29, 0.717) is 28.4 Å². The van der Waals surface area contributed by atoms with Crippen molar-refractivity contribution >= 4 is 16.5 Å². The van der Waals surface area contributed by atoms with Crippen molar-refractivity contribution in [3.63, 3.8) is 0 Å². The fourth-order valence-corrected chi connectivity index (χ4v) is 4.98. The summed E-state index contributed by atoms with van der Waals surface area (Å²) in [5.41, 5.74) is 5.58. The normalized spacial score (nSPS) is 13.4. The van der Waals surface area contributed by atoms with Crippen LogP contribution in [0.1, 0.15) is 48.8 Å². The molecule has 6 heteroatoms. The lowest BCUT2D eigenvalue weighted by molar-refractivity contribution is 0.306. The van der Waals surface area contributed by atoms with Crippen LogP contribution in [0.25, 0.3) is 16.5 Å². The second-order valence-corrected chi connectivity index (χ2v) is 9.19. The van der Waals surface area contributed by atoms with Gasteiger partial charge in [-0.25, -0.2) is 4.79 Å². The summed E-state index contributed by atoms with van der Waals surface area (Å²) in [4.78, 5) is 12.2. The van der Waals surface area contributed by atoms with E-state index in [4.69, 9.17) is 18.6 Å². The molecule has 0 aliphatic heterocycles. The molecule has 0 unspecified atom stereocenters. The largest absolute Gasteiger partial charge is 0.508 e. The Labute approximate surface area is 215 Å². The van der Waals surface area contributed by atoms with E-state index in [0.717, 1.165) is 29.4 Å². The first kappa shape index (κ1) is 24.5. The summed E-state index contributed by atoms with van der Waals surface area (Å²) >= 11 is 0. The Balaban J connectivity index is 1.42. The van der Waals surface area contributed by atoms with E-state index in [1.165, 1.54) is 43.6 Å². The molecular formula is C31H30O6. The van der Waals surface area contributed by atoms with Crippen LogP contribution < -0.4 is 19.8 Å². The van der Waals surface area contributed by atoms with Crippen molar-refractivity contribution in [2.24, 2.45) is 0 Å². The minimum Gasteiger partial charge on any atom is -0.508 e. The number of rotatable bonds is 7. The van der Waals surface area contributed by atoms with Crippen molar-refractivity contribution in [2.75, 3.05) is 14.2 Å². The molecule has 0 bridgehead atoms. The number of hydrogen-bond acceptors (Lipinski definition) is 6. The van der Waals surface area contributed by atoms with Gasteiger partial charge in [-0.2, -0.15) is 0 Å². The van der Waals surface area contributed by atoms with Gasteiger partial charge in [0.2, 0.25) is 0 Å². The average molecular weight is 499 g/mol. The van der Waals surface area contributed by atoms with Gasteiger partial charge in [-0.3, -0.25) is 0 Å².